The smallest absolute Gasteiger partial charge is 0.133 e. The lowest BCUT2D eigenvalue weighted by Gasteiger charge is -2.05. The normalized spacial score (nSPS) is 11.1. The molecule has 1 heterocycles. The molecule has 0 aliphatic carbocycles. The minimum atomic E-state index is 0.439. The van der Waals surface area contributed by atoms with Gasteiger partial charge in [0.1, 0.15) is 5.84 Å². The zero-order chi connectivity index (χ0) is 13.7. The lowest BCUT2D eigenvalue weighted by atomic mass is 10.1. The summed E-state index contributed by atoms with van der Waals surface area (Å²) in [6.07, 6.45) is 2.55. The summed E-state index contributed by atoms with van der Waals surface area (Å²) in [5.74, 6) is 0.439. The predicted molar refractivity (Wildman–Crippen MR) is 75.2 cm³/mol. The maximum atomic E-state index is 8.74. The first kappa shape index (κ1) is 12.8. The summed E-state index contributed by atoms with van der Waals surface area (Å²) in [4.78, 5) is 8.64. The van der Waals surface area contributed by atoms with E-state index in [1.807, 2.05) is 19.1 Å². The van der Waals surface area contributed by atoms with E-state index in [1.165, 1.54) is 0 Å². The number of aromatic nitrogens is 1. The van der Waals surface area contributed by atoms with Gasteiger partial charge in [0.25, 0.3) is 0 Å². The number of aliphatic imine (C=N–C) groups is 1. The zero-order valence-electron chi connectivity index (χ0n) is 10.7. The standard InChI is InChI=1S/C15H14N4/c1-2-14-13(4-3-9-18-14)15(17)19-12-7-5-11(10-16)6-8-12/h3-9H,2H2,1H3,(H2,17,19). The second-order valence-corrected chi connectivity index (χ2v) is 4.01. The maximum absolute atomic E-state index is 8.74. The molecule has 0 spiro atoms. The summed E-state index contributed by atoms with van der Waals surface area (Å²) in [5.41, 5.74) is 9.13. The van der Waals surface area contributed by atoms with Crippen molar-refractivity contribution in [3.8, 4) is 6.07 Å². The third kappa shape index (κ3) is 2.96. The van der Waals surface area contributed by atoms with Crippen LogP contribution in [0.4, 0.5) is 5.69 Å². The van der Waals surface area contributed by atoms with Crippen molar-refractivity contribution in [2.45, 2.75) is 13.3 Å². The molecule has 0 amide bonds. The highest BCUT2D eigenvalue weighted by atomic mass is 14.9. The lowest BCUT2D eigenvalue weighted by molar-refractivity contribution is 1.03. The van der Waals surface area contributed by atoms with Gasteiger partial charge >= 0.3 is 0 Å². The van der Waals surface area contributed by atoms with Gasteiger partial charge in [-0.15, -0.1) is 0 Å². The number of hydrogen-bond acceptors (Lipinski definition) is 3. The van der Waals surface area contributed by atoms with Gasteiger partial charge < -0.3 is 5.73 Å². The molecule has 4 heteroatoms. The Kier molecular flexibility index (Phi) is 3.89. The molecule has 2 N–H and O–H groups in total. The number of pyridine rings is 1. The number of aryl methyl sites for hydroxylation is 1. The van der Waals surface area contributed by atoms with Crippen molar-refractivity contribution in [3.05, 3.63) is 59.4 Å². The molecule has 0 saturated heterocycles. The summed E-state index contributed by atoms with van der Waals surface area (Å²) < 4.78 is 0. The molecule has 4 nitrogen and oxygen atoms in total. The third-order valence-corrected chi connectivity index (χ3v) is 2.75. The summed E-state index contributed by atoms with van der Waals surface area (Å²) in [5, 5.41) is 8.74. The van der Waals surface area contributed by atoms with Crippen molar-refractivity contribution in [3.63, 3.8) is 0 Å². The number of nitriles is 1. The highest BCUT2D eigenvalue weighted by molar-refractivity contribution is 5.99. The van der Waals surface area contributed by atoms with Crippen molar-refractivity contribution in [2.24, 2.45) is 10.7 Å². The second-order valence-electron chi connectivity index (χ2n) is 4.01. The minimum Gasteiger partial charge on any atom is -0.383 e. The van der Waals surface area contributed by atoms with Crippen LogP contribution < -0.4 is 5.73 Å². The molecule has 0 bridgehead atoms. The third-order valence-electron chi connectivity index (χ3n) is 2.75. The zero-order valence-corrected chi connectivity index (χ0v) is 10.7. The second kappa shape index (κ2) is 5.78. The summed E-state index contributed by atoms with van der Waals surface area (Å²) in [7, 11) is 0. The molecule has 2 rings (SSSR count). The number of nitrogens with zero attached hydrogens (tertiary/aromatic N) is 3. The monoisotopic (exact) mass is 250 g/mol. The van der Waals surface area contributed by atoms with Crippen molar-refractivity contribution >= 4 is 11.5 Å². The number of rotatable bonds is 3. The average molecular weight is 250 g/mol. The van der Waals surface area contributed by atoms with Crippen molar-refractivity contribution in [1.29, 1.82) is 5.26 Å². The number of nitrogens with two attached hydrogens (primary N) is 1. The van der Waals surface area contributed by atoms with E-state index in [0.29, 0.717) is 11.4 Å². The average Bonchev–Trinajstić information content (AvgIpc) is 2.48. The van der Waals surface area contributed by atoms with Crippen LogP contribution in [0.3, 0.4) is 0 Å². The Bertz CT molecular complexity index is 636. The highest BCUT2D eigenvalue weighted by Gasteiger charge is 2.05. The van der Waals surface area contributed by atoms with E-state index in [9.17, 15) is 0 Å². The Morgan fingerprint density at radius 1 is 1.32 bits per heavy atom. The van der Waals surface area contributed by atoms with Crippen LogP contribution in [0, 0.1) is 11.3 Å². The fourth-order valence-electron chi connectivity index (χ4n) is 1.76. The first-order chi connectivity index (χ1) is 9.24. The van der Waals surface area contributed by atoms with E-state index in [2.05, 4.69) is 16.0 Å². The molecule has 1 aromatic carbocycles. The molecule has 0 aliphatic rings. The molecule has 94 valence electrons. The van der Waals surface area contributed by atoms with Crippen LogP contribution >= 0.6 is 0 Å². The molecule has 0 atom stereocenters. The van der Waals surface area contributed by atoms with E-state index in [-0.39, 0.29) is 0 Å². The van der Waals surface area contributed by atoms with Crippen LogP contribution in [0.15, 0.2) is 47.6 Å². The Labute approximate surface area is 112 Å². The van der Waals surface area contributed by atoms with E-state index in [1.54, 1.807) is 30.5 Å². The van der Waals surface area contributed by atoms with Gasteiger partial charge in [-0.2, -0.15) is 5.26 Å². The Morgan fingerprint density at radius 3 is 2.68 bits per heavy atom. The number of hydrogen-bond donors (Lipinski definition) is 1. The molecule has 0 aliphatic heterocycles. The van der Waals surface area contributed by atoms with E-state index < -0.39 is 0 Å². The van der Waals surface area contributed by atoms with E-state index in [4.69, 9.17) is 11.0 Å². The maximum Gasteiger partial charge on any atom is 0.133 e. The quantitative estimate of drug-likeness (QED) is 0.672. The predicted octanol–water partition coefficient (Wildman–Crippen LogP) is 2.55. The van der Waals surface area contributed by atoms with Crippen LogP contribution in [0.2, 0.25) is 0 Å². The molecule has 2 aromatic rings. The van der Waals surface area contributed by atoms with Gasteiger partial charge in [0.2, 0.25) is 0 Å². The summed E-state index contributed by atoms with van der Waals surface area (Å²) in [6, 6.07) is 12.8. The van der Waals surface area contributed by atoms with Gasteiger partial charge in [0.15, 0.2) is 0 Å². The lowest BCUT2D eigenvalue weighted by Crippen LogP contribution is -2.15. The minimum absolute atomic E-state index is 0.439. The highest BCUT2D eigenvalue weighted by Crippen LogP contribution is 2.15. The summed E-state index contributed by atoms with van der Waals surface area (Å²) in [6.45, 7) is 2.03. The number of benzene rings is 1. The molecule has 19 heavy (non-hydrogen) atoms. The van der Waals surface area contributed by atoms with Crippen LogP contribution in [0.1, 0.15) is 23.7 Å². The fraction of sp³-hybridized carbons (Fsp3) is 0.133. The summed E-state index contributed by atoms with van der Waals surface area (Å²) >= 11 is 0. The van der Waals surface area contributed by atoms with Crippen LogP contribution in [0.5, 0.6) is 0 Å². The van der Waals surface area contributed by atoms with Gasteiger partial charge in [-0.25, -0.2) is 4.99 Å². The van der Waals surface area contributed by atoms with Crippen molar-refractivity contribution in [2.75, 3.05) is 0 Å². The molecule has 0 radical (unpaired) electrons. The Hall–Kier alpha value is -2.67. The molecule has 0 saturated carbocycles. The molecular weight excluding hydrogens is 236 g/mol. The van der Waals surface area contributed by atoms with Crippen molar-refractivity contribution < 1.29 is 0 Å². The van der Waals surface area contributed by atoms with Gasteiger partial charge in [-0.3, -0.25) is 4.98 Å². The molecule has 0 fully saturated rings. The SMILES string of the molecule is CCc1ncccc1C(N)=Nc1ccc(C#N)cc1. The number of amidine groups is 1. The van der Waals surface area contributed by atoms with Crippen LogP contribution in [-0.2, 0) is 6.42 Å². The van der Waals surface area contributed by atoms with Gasteiger partial charge in [0.05, 0.1) is 23.0 Å². The van der Waals surface area contributed by atoms with E-state index in [0.717, 1.165) is 23.4 Å². The molecule has 1 aromatic heterocycles. The van der Waals surface area contributed by atoms with Gasteiger partial charge in [-0.05, 0) is 42.8 Å². The van der Waals surface area contributed by atoms with Crippen LogP contribution in [0.25, 0.3) is 0 Å². The fourth-order valence-corrected chi connectivity index (χ4v) is 1.76. The Morgan fingerprint density at radius 2 is 2.05 bits per heavy atom. The topological polar surface area (TPSA) is 75.1 Å². The van der Waals surface area contributed by atoms with E-state index >= 15 is 0 Å². The Balaban J connectivity index is 2.34. The van der Waals surface area contributed by atoms with Crippen molar-refractivity contribution in [1.82, 2.24) is 4.98 Å². The first-order valence-corrected chi connectivity index (χ1v) is 6.03. The largest absolute Gasteiger partial charge is 0.383 e. The molecule has 0 unspecified atom stereocenters. The van der Waals surface area contributed by atoms with Gasteiger partial charge in [0, 0.05) is 11.8 Å². The van der Waals surface area contributed by atoms with Gasteiger partial charge in [-0.1, -0.05) is 6.92 Å². The first-order valence-electron chi connectivity index (χ1n) is 6.03. The molecular formula is C15H14N4. The van der Waals surface area contributed by atoms with Crippen LogP contribution in [-0.4, -0.2) is 10.8 Å².